The molecule has 7 heteroatoms. The van der Waals surface area contributed by atoms with Gasteiger partial charge in [0.15, 0.2) is 0 Å². The van der Waals surface area contributed by atoms with Crippen LogP contribution in [0.5, 0.6) is 0 Å². The zero-order valence-corrected chi connectivity index (χ0v) is 8.73. The van der Waals surface area contributed by atoms with Crippen LogP contribution in [0.1, 0.15) is 5.56 Å². The number of carbonyl (C=O) groups excluding carboxylic acids is 1. The summed E-state index contributed by atoms with van der Waals surface area (Å²) in [6, 6.07) is 2.58. The van der Waals surface area contributed by atoms with Gasteiger partial charge in [-0.3, -0.25) is 4.90 Å². The number of anilines is 1. The molecular formula is C9H7F3N2OS. The van der Waals surface area contributed by atoms with E-state index in [1.165, 1.54) is 11.0 Å². The molecule has 3 nitrogen and oxygen atoms in total. The molecule has 0 saturated heterocycles. The van der Waals surface area contributed by atoms with Gasteiger partial charge >= 0.3 is 12.2 Å². The van der Waals surface area contributed by atoms with Crippen LogP contribution in [-0.2, 0) is 6.18 Å². The normalized spacial score (nSPS) is 15.1. The first-order valence-electron chi connectivity index (χ1n) is 4.30. The summed E-state index contributed by atoms with van der Waals surface area (Å²) >= 11 is 1.16. The monoisotopic (exact) mass is 248 g/mol. The van der Waals surface area contributed by atoms with Crippen molar-refractivity contribution in [3.8, 4) is 0 Å². The minimum absolute atomic E-state index is 0.256. The van der Waals surface area contributed by atoms with E-state index in [0.29, 0.717) is 10.6 Å². The Bertz CT molecular complexity index is 447. The minimum atomic E-state index is -4.37. The summed E-state index contributed by atoms with van der Waals surface area (Å²) in [5, 5.41) is 0. The maximum Gasteiger partial charge on any atom is 0.416 e. The summed E-state index contributed by atoms with van der Waals surface area (Å²) in [7, 11) is 0. The Morgan fingerprint density at radius 3 is 2.69 bits per heavy atom. The maximum atomic E-state index is 12.4. The highest BCUT2D eigenvalue weighted by Gasteiger charge is 2.33. The SMILES string of the molecule is NC(=O)N1CSc2cc(C(F)(F)F)ccc21. The molecule has 16 heavy (non-hydrogen) atoms. The number of urea groups is 1. The fourth-order valence-corrected chi connectivity index (χ4v) is 2.49. The molecule has 2 amide bonds. The number of nitrogens with two attached hydrogens (primary N) is 1. The number of primary amides is 1. The first kappa shape index (κ1) is 11.1. The molecule has 0 unspecified atom stereocenters. The van der Waals surface area contributed by atoms with Crippen molar-refractivity contribution < 1.29 is 18.0 Å². The first-order chi connectivity index (χ1) is 7.39. The smallest absolute Gasteiger partial charge is 0.351 e. The van der Waals surface area contributed by atoms with E-state index in [-0.39, 0.29) is 5.88 Å². The highest BCUT2D eigenvalue weighted by Crippen LogP contribution is 2.41. The van der Waals surface area contributed by atoms with Gasteiger partial charge in [0.1, 0.15) is 0 Å². The van der Waals surface area contributed by atoms with Crippen molar-refractivity contribution in [3.05, 3.63) is 23.8 Å². The Balaban J connectivity index is 2.40. The number of rotatable bonds is 0. The van der Waals surface area contributed by atoms with Crippen molar-refractivity contribution in [2.75, 3.05) is 10.8 Å². The summed E-state index contributed by atoms with van der Waals surface area (Å²) in [5.74, 6) is 0.256. The van der Waals surface area contributed by atoms with Gasteiger partial charge in [-0.1, -0.05) is 0 Å². The molecule has 0 fully saturated rings. The van der Waals surface area contributed by atoms with E-state index in [4.69, 9.17) is 5.73 Å². The van der Waals surface area contributed by atoms with E-state index >= 15 is 0 Å². The molecule has 1 aliphatic heterocycles. The van der Waals surface area contributed by atoms with Gasteiger partial charge in [0, 0.05) is 4.90 Å². The molecule has 2 N–H and O–H groups in total. The third-order valence-corrected chi connectivity index (χ3v) is 3.22. The number of thioether (sulfide) groups is 1. The van der Waals surface area contributed by atoms with Crippen LogP contribution in [0.4, 0.5) is 23.7 Å². The number of nitrogens with zero attached hydrogens (tertiary/aromatic N) is 1. The molecule has 0 atom stereocenters. The van der Waals surface area contributed by atoms with Gasteiger partial charge in [0.25, 0.3) is 0 Å². The number of hydrogen-bond acceptors (Lipinski definition) is 2. The highest BCUT2D eigenvalue weighted by molar-refractivity contribution is 8.00. The van der Waals surface area contributed by atoms with E-state index in [0.717, 1.165) is 23.9 Å². The van der Waals surface area contributed by atoms with E-state index in [9.17, 15) is 18.0 Å². The number of hydrogen-bond donors (Lipinski definition) is 1. The number of amides is 2. The molecule has 0 bridgehead atoms. The van der Waals surface area contributed by atoms with E-state index < -0.39 is 17.8 Å². The van der Waals surface area contributed by atoms with Crippen LogP contribution in [0.3, 0.4) is 0 Å². The predicted octanol–water partition coefficient (Wildman–Crippen LogP) is 2.65. The number of benzene rings is 1. The number of halogens is 3. The number of alkyl halides is 3. The molecular weight excluding hydrogens is 241 g/mol. The van der Waals surface area contributed by atoms with E-state index in [1.54, 1.807) is 0 Å². The standard InChI is InChI=1S/C9H7F3N2OS/c10-9(11,12)5-1-2-6-7(3-5)16-4-14(6)8(13)15/h1-3H,4H2,(H2,13,15). The summed E-state index contributed by atoms with van der Waals surface area (Å²) in [5.41, 5.74) is 4.81. The van der Waals surface area contributed by atoms with Crippen molar-refractivity contribution in [3.63, 3.8) is 0 Å². The average molecular weight is 248 g/mol. The van der Waals surface area contributed by atoms with Crippen LogP contribution in [-0.4, -0.2) is 11.9 Å². The Morgan fingerprint density at radius 1 is 1.44 bits per heavy atom. The highest BCUT2D eigenvalue weighted by atomic mass is 32.2. The molecule has 0 aliphatic carbocycles. The maximum absolute atomic E-state index is 12.4. The van der Waals surface area contributed by atoms with Gasteiger partial charge < -0.3 is 5.73 Å². The molecule has 0 radical (unpaired) electrons. The van der Waals surface area contributed by atoms with Gasteiger partial charge in [-0.25, -0.2) is 4.79 Å². The lowest BCUT2D eigenvalue weighted by molar-refractivity contribution is -0.137. The lowest BCUT2D eigenvalue weighted by Crippen LogP contribution is -2.33. The van der Waals surface area contributed by atoms with Crippen molar-refractivity contribution in [2.24, 2.45) is 5.73 Å². The fourth-order valence-electron chi connectivity index (χ4n) is 1.42. The van der Waals surface area contributed by atoms with E-state index in [2.05, 4.69) is 0 Å². The average Bonchev–Trinajstić information content (AvgIpc) is 2.58. The van der Waals surface area contributed by atoms with Crippen LogP contribution < -0.4 is 10.6 Å². The van der Waals surface area contributed by atoms with Crippen LogP contribution in [0.25, 0.3) is 0 Å². The molecule has 1 aromatic carbocycles. The molecule has 1 heterocycles. The van der Waals surface area contributed by atoms with Crippen molar-refractivity contribution in [1.82, 2.24) is 0 Å². The third-order valence-electron chi connectivity index (χ3n) is 2.19. The van der Waals surface area contributed by atoms with Crippen molar-refractivity contribution >= 4 is 23.5 Å². The van der Waals surface area contributed by atoms with Gasteiger partial charge in [-0.2, -0.15) is 13.2 Å². The number of fused-ring (bicyclic) bond motifs is 1. The zero-order valence-electron chi connectivity index (χ0n) is 7.91. The zero-order chi connectivity index (χ0) is 11.9. The predicted molar refractivity (Wildman–Crippen MR) is 54.2 cm³/mol. The summed E-state index contributed by atoms with van der Waals surface area (Å²) in [6.45, 7) is 0. The summed E-state index contributed by atoms with van der Waals surface area (Å²) in [4.78, 5) is 12.6. The molecule has 1 aliphatic rings. The van der Waals surface area contributed by atoms with Crippen LogP contribution in [0.2, 0.25) is 0 Å². The van der Waals surface area contributed by atoms with Gasteiger partial charge in [-0.15, -0.1) is 11.8 Å². The summed E-state index contributed by atoms with van der Waals surface area (Å²) in [6.07, 6.45) is -4.37. The van der Waals surface area contributed by atoms with Crippen LogP contribution >= 0.6 is 11.8 Å². The molecule has 0 aromatic heterocycles. The van der Waals surface area contributed by atoms with Crippen molar-refractivity contribution in [2.45, 2.75) is 11.1 Å². The van der Waals surface area contributed by atoms with Gasteiger partial charge in [0.2, 0.25) is 0 Å². The molecule has 2 rings (SSSR count). The minimum Gasteiger partial charge on any atom is -0.351 e. The van der Waals surface area contributed by atoms with Gasteiger partial charge in [-0.05, 0) is 18.2 Å². The lowest BCUT2D eigenvalue weighted by atomic mass is 10.2. The lowest BCUT2D eigenvalue weighted by Gasteiger charge is -2.13. The largest absolute Gasteiger partial charge is 0.416 e. The Hall–Kier alpha value is -1.37. The van der Waals surface area contributed by atoms with Crippen LogP contribution in [0.15, 0.2) is 23.1 Å². The van der Waals surface area contributed by atoms with Gasteiger partial charge in [0.05, 0.1) is 17.1 Å². The fraction of sp³-hybridized carbons (Fsp3) is 0.222. The number of carbonyl (C=O) groups is 1. The molecule has 0 saturated carbocycles. The Morgan fingerprint density at radius 2 is 2.12 bits per heavy atom. The molecule has 1 aromatic rings. The second-order valence-corrected chi connectivity index (χ2v) is 4.21. The van der Waals surface area contributed by atoms with Crippen LogP contribution in [0, 0.1) is 0 Å². The summed E-state index contributed by atoms with van der Waals surface area (Å²) < 4.78 is 37.2. The van der Waals surface area contributed by atoms with Crippen molar-refractivity contribution in [1.29, 1.82) is 0 Å². The first-order valence-corrected chi connectivity index (χ1v) is 5.29. The topological polar surface area (TPSA) is 46.3 Å². The third kappa shape index (κ3) is 1.82. The molecule has 86 valence electrons. The second kappa shape index (κ2) is 3.58. The Labute approximate surface area is 93.4 Å². The Kier molecular flexibility index (Phi) is 2.49. The van der Waals surface area contributed by atoms with E-state index in [1.807, 2.05) is 0 Å². The quantitative estimate of drug-likeness (QED) is 0.767. The molecule has 0 spiro atoms. The second-order valence-electron chi connectivity index (χ2n) is 3.22.